The number of nitrogens with zero attached hydrogens (tertiary/aromatic N) is 1. The van der Waals surface area contributed by atoms with Gasteiger partial charge in [-0.2, -0.15) is 0 Å². The first-order valence-corrected chi connectivity index (χ1v) is 8.69. The molecule has 0 bridgehead atoms. The lowest BCUT2D eigenvalue weighted by atomic mass is 10.2. The normalized spacial score (nSPS) is 11.9. The third-order valence-electron chi connectivity index (χ3n) is 3.37. The number of hydrogen-bond donors (Lipinski definition) is 1. The molecule has 1 aromatic rings. The summed E-state index contributed by atoms with van der Waals surface area (Å²) in [5, 5.41) is 3.02. The number of ether oxygens (including phenoxy) is 1. The van der Waals surface area contributed by atoms with E-state index in [1.54, 1.807) is 19.2 Å². The predicted octanol–water partition coefficient (Wildman–Crippen LogP) is 2.23. The molecule has 5 nitrogen and oxygen atoms in total. The maximum atomic E-state index is 12.7. The second-order valence-electron chi connectivity index (χ2n) is 5.05. The lowest BCUT2D eigenvalue weighted by Gasteiger charge is -2.19. The summed E-state index contributed by atoms with van der Waals surface area (Å²) in [6, 6.07) is 5.26. The van der Waals surface area contributed by atoms with Gasteiger partial charge in [0, 0.05) is 20.1 Å². The summed E-state index contributed by atoms with van der Waals surface area (Å²) >= 11 is 0. The Kier molecular flexibility index (Phi) is 7.14. The van der Waals surface area contributed by atoms with Crippen LogP contribution < -0.4 is 10.1 Å². The van der Waals surface area contributed by atoms with Crippen molar-refractivity contribution in [2.45, 2.75) is 37.6 Å². The van der Waals surface area contributed by atoms with Crippen LogP contribution in [-0.2, 0) is 16.6 Å². The van der Waals surface area contributed by atoms with Crippen LogP contribution in [0.15, 0.2) is 23.1 Å². The molecule has 0 unspecified atom stereocenters. The fourth-order valence-electron chi connectivity index (χ4n) is 2.11. The summed E-state index contributed by atoms with van der Waals surface area (Å²) < 4.78 is 32.0. The third kappa shape index (κ3) is 4.69. The Morgan fingerprint density at radius 2 is 2.00 bits per heavy atom. The summed E-state index contributed by atoms with van der Waals surface area (Å²) in [6.07, 6.45) is 2.95. The van der Waals surface area contributed by atoms with Gasteiger partial charge in [0.1, 0.15) is 10.6 Å². The Balaban J connectivity index is 3.07. The zero-order valence-corrected chi connectivity index (χ0v) is 14.2. The van der Waals surface area contributed by atoms with Gasteiger partial charge < -0.3 is 10.1 Å². The van der Waals surface area contributed by atoms with Crippen LogP contribution in [0.25, 0.3) is 0 Å². The number of unbranched alkanes of at least 4 members (excludes halogenated alkanes) is 2. The monoisotopic (exact) mass is 314 g/mol. The molecule has 0 fully saturated rings. The van der Waals surface area contributed by atoms with E-state index in [1.165, 1.54) is 11.4 Å². The predicted molar refractivity (Wildman–Crippen MR) is 85.1 cm³/mol. The Hall–Kier alpha value is -1.11. The summed E-state index contributed by atoms with van der Waals surface area (Å²) in [5.41, 5.74) is 0.916. The molecule has 0 spiro atoms. The highest BCUT2D eigenvalue weighted by molar-refractivity contribution is 7.89. The van der Waals surface area contributed by atoms with Crippen molar-refractivity contribution in [2.24, 2.45) is 0 Å². The number of rotatable bonds is 9. The summed E-state index contributed by atoms with van der Waals surface area (Å²) in [7, 11) is 1.42. The van der Waals surface area contributed by atoms with Crippen LogP contribution in [0.4, 0.5) is 0 Å². The number of methoxy groups -OCH3 is 1. The fourth-order valence-corrected chi connectivity index (χ4v) is 3.52. The van der Waals surface area contributed by atoms with Crippen LogP contribution >= 0.6 is 0 Å². The second kappa shape index (κ2) is 8.36. The van der Waals surface area contributed by atoms with Gasteiger partial charge in [0.2, 0.25) is 10.0 Å². The van der Waals surface area contributed by atoms with E-state index in [1.807, 2.05) is 13.1 Å². The number of benzene rings is 1. The van der Waals surface area contributed by atoms with E-state index in [9.17, 15) is 8.42 Å². The minimum atomic E-state index is -3.52. The highest BCUT2D eigenvalue weighted by Crippen LogP contribution is 2.27. The van der Waals surface area contributed by atoms with Gasteiger partial charge in [-0.15, -0.1) is 0 Å². The van der Waals surface area contributed by atoms with E-state index in [0.717, 1.165) is 24.8 Å². The van der Waals surface area contributed by atoms with Crippen LogP contribution in [0, 0.1) is 0 Å². The van der Waals surface area contributed by atoms with Crippen LogP contribution in [-0.4, -0.2) is 40.5 Å². The van der Waals surface area contributed by atoms with E-state index >= 15 is 0 Å². The minimum Gasteiger partial charge on any atom is -0.495 e. The van der Waals surface area contributed by atoms with E-state index in [-0.39, 0.29) is 4.90 Å². The van der Waals surface area contributed by atoms with Crippen molar-refractivity contribution in [2.75, 3.05) is 27.7 Å². The topological polar surface area (TPSA) is 58.6 Å². The van der Waals surface area contributed by atoms with Crippen molar-refractivity contribution in [3.63, 3.8) is 0 Å². The largest absolute Gasteiger partial charge is 0.495 e. The van der Waals surface area contributed by atoms with Gasteiger partial charge in [0.25, 0.3) is 0 Å². The summed E-state index contributed by atoms with van der Waals surface area (Å²) in [5.74, 6) is 0.386. The molecular weight excluding hydrogens is 288 g/mol. The van der Waals surface area contributed by atoms with E-state index in [0.29, 0.717) is 18.8 Å². The first-order chi connectivity index (χ1) is 9.97. The van der Waals surface area contributed by atoms with Crippen LogP contribution in [0.3, 0.4) is 0 Å². The molecule has 0 saturated heterocycles. The molecule has 0 radical (unpaired) electrons. The van der Waals surface area contributed by atoms with Crippen molar-refractivity contribution >= 4 is 10.0 Å². The highest BCUT2D eigenvalue weighted by Gasteiger charge is 2.24. The van der Waals surface area contributed by atoms with Gasteiger partial charge in [-0.25, -0.2) is 12.7 Å². The fraction of sp³-hybridized carbons (Fsp3) is 0.600. The molecule has 1 N–H and O–H groups in total. The first kappa shape index (κ1) is 17.9. The van der Waals surface area contributed by atoms with Crippen molar-refractivity contribution < 1.29 is 13.2 Å². The standard InChI is InChI=1S/C15H26N2O3S/c1-5-6-7-10-17(3)21(18,19)15-11-13(12-16-2)8-9-14(15)20-4/h8-9,11,16H,5-7,10,12H2,1-4H3. The SMILES string of the molecule is CCCCCN(C)S(=O)(=O)c1cc(CNC)ccc1OC. The molecule has 0 atom stereocenters. The minimum absolute atomic E-state index is 0.233. The molecule has 0 amide bonds. The van der Waals surface area contributed by atoms with Gasteiger partial charge in [-0.05, 0) is 31.2 Å². The van der Waals surface area contributed by atoms with Gasteiger partial charge in [0.05, 0.1) is 7.11 Å². The Bertz CT molecular complexity index is 544. The molecule has 0 saturated carbocycles. The molecule has 0 aliphatic rings. The zero-order valence-electron chi connectivity index (χ0n) is 13.3. The quantitative estimate of drug-likeness (QED) is 0.710. The Labute approximate surface area is 128 Å². The number of nitrogens with one attached hydrogen (secondary N) is 1. The summed E-state index contributed by atoms with van der Waals surface area (Å²) in [4.78, 5) is 0.233. The maximum Gasteiger partial charge on any atom is 0.246 e. The molecule has 21 heavy (non-hydrogen) atoms. The maximum absolute atomic E-state index is 12.7. The summed E-state index contributed by atoms with van der Waals surface area (Å²) in [6.45, 7) is 3.24. The highest BCUT2D eigenvalue weighted by atomic mass is 32.2. The van der Waals surface area contributed by atoms with Crippen molar-refractivity contribution in [1.82, 2.24) is 9.62 Å². The smallest absolute Gasteiger partial charge is 0.246 e. The third-order valence-corrected chi connectivity index (χ3v) is 5.25. The van der Waals surface area contributed by atoms with Gasteiger partial charge in [0.15, 0.2) is 0 Å². The van der Waals surface area contributed by atoms with Gasteiger partial charge in [-0.1, -0.05) is 25.8 Å². The van der Waals surface area contributed by atoms with Crippen LogP contribution in [0.5, 0.6) is 5.75 Å². The van der Waals surface area contributed by atoms with Crippen molar-refractivity contribution in [3.8, 4) is 5.75 Å². The first-order valence-electron chi connectivity index (χ1n) is 7.25. The van der Waals surface area contributed by atoms with Gasteiger partial charge >= 0.3 is 0 Å². The Morgan fingerprint density at radius 1 is 1.29 bits per heavy atom. The van der Waals surface area contributed by atoms with E-state index < -0.39 is 10.0 Å². The van der Waals surface area contributed by atoms with Crippen LogP contribution in [0.1, 0.15) is 31.7 Å². The zero-order chi connectivity index (χ0) is 15.9. The molecular formula is C15H26N2O3S. The average molecular weight is 314 g/mol. The molecule has 0 aromatic heterocycles. The lowest BCUT2D eigenvalue weighted by Crippen LogP contribution is -2.28. The average Bonchev–Trinajstić information content (AvgIpc) is 2.47. The van der Waals surface area contributed by atoms with E-state index in [2.05, 4.69) is 12.2 Å². The van der Waals surface area contributed by atoms with Crippen molar-refractivity contribution in [3.05, 3.63) is 23.8 Å². The number of hydrogen-bond acceptors (Lipinski definition) is 4. The molecule has 1 aromatic carbocycles. The number of sulfonamides is 1. The Morgan fingerprint density at radius 3 is 2.57 bits per heavy atom. The molecule has 120 valence electrons. The van der Waals surface area contributed by atoms with Crippen molar-refractivity contribution in [1.29, 1.82) is 0 Å². The molecule has 1 rings (SSSR count). The van der Waals surface area contributed by atoms with E-state index in [4.69, 9.17) is 4.74 Å². The second-order valence-corrected chi connectivity index (χ2v) is 7.06. The van der Waals surface area contributed by atoms with Gasteiger partial charge in [-0.3, -0.25) is 0 Å². The molecule has 0 aliphatic carbocycles. The lowest BCUT2D eigenvalue weighted by molar-refractivity contribution is 0.396. The van der Waals surface area contributed by atoms with Crippen LogP contribution in [0.2, 0.25) is 0 Å². The molecule has 0 heterocycles. The molecule has 6 heteroatoms. The molecule has 0 aliphatic heterocycles.